The molecule has 0 amide bonds. The molecule has 6 heteroatoms. The molecule has 0 N–H and O–H groups in total. The van der Waals surface area contributed by atoms with Crippen LogP contribution in [0.15, 0.2) is 0 Å². The van der Waals surface area contributed by atoms with Crippen LogP contribution in [0.3, 0.4) is 0 Å². The van der Waals surface area contributed by atoms with Crippen LogP contribution in [0.4, 0.5) is 0 Å². The normalized spacial score (nSPS) is 28.5. The Balaban J connectivity index is 1.96. The molecule has 2 saturated heterocycles. The fourth-order valence-corrected chi connectivity index (χ4v) is 12.5. The first-order valence-corrected chi connectivity index (χ1v) is 18.7. The van der Waals surface area contributed by atoms with E-state index in [2.05, 4.69) is 82.3 Å². The molecule has 1 spiro atoms. The highest BCUT2D eigenvalue weighted by molar-refractivity contribution is 6.77. The number of hydrogen-bond donors (Lipinski definition) is 0. The Morgan fingerprint density at radius 1 is 0.848 bits per heavy atom. The lowest BCUT2D eigenvalue weighted by Crippen LogP contribution is -2.50. The maximum atomic E-state index is 6.91. The first-order chi connectivity index (χ1) is 15.1. The van der Waals surface area contributed by atoms with Crippen molar-refractivity contribution in [3.63, 3.8) is 0 Å². The van der Waals surface area contributed by atoms with Crippen LogP contribution in [0.1, 0.15) is 101 Å². The summed E-state index contributed by atoms with van der Waals surface area (Å²) in [5, 5.41) is 0.228. The van der Waals surface area contributed by atoms with Crippen molar-refractivity contribution in [2.45, 2.75) is 154 Å². The molecule has 0 aromatic heterocycles. The van der Waals surface area contributed by atoms with Crippen molar-refractivity contribution in [3.05, 3.63) is 0 Å². The van der Waals surface area contributed by atoms with Gasteiger partial charge in [-0.3, -0.25) is 0 Å². The van der Waals surface area contributed by atoms with Gasteiger partial charge in [-0.25, -0.2) is 0 Å². The second-order valence-electron chi connectivity index (χ2n) is 13.4. The number of ether oxygens (including phenoxy) is 2. The van der Waals surface area contributed by atoms with Gasteiger partial charge in [-0.2, -0.15) is 0 Å². The van der Waals surface area contributed by atoms with Crippen LogP contribution >= 0.6 is 0 Å². The van der Waals surface area contributed by atoms with Gasteiger partial charge in [0, 0.05) is 25.4 Å². The van der Waals surface area contributed by atoms with Crippen LogP contribution < -0.4 is 0 Å². The number of rotatable bonds is 10. The zero-order chi connectivity index (χ0) is 25.2. The Labute approximate surface area is 208 Å². The molecule has 4 nitrogen and oxygen atoms in total. The lowest BCUT2D eigenvalue weighted by Gasteiger charge is -2.45. The molecule has 0 bridgehead atoms. The van der Waals surface area contributed by atoms with Crippen LogP contribution in [0.25, 0.3) is 0 Å². The van der Waals surface area contributed by atoms with E-state index in [1.807, 2.05) is 0 Å². The Morgan fingerprint density at radius 3 is 1.94 bits per heavy atom. The minimum absolute atomic E-state index is 0.160. The third-order valence-electron chi connectivity index (χ3n) is 9.02. The predicted molar refractivity (Wildman–Crippen MR) is 145 cm³/mol. The fraction of sp³-hybridized carbons (Fsp3) is 1.00. The molecule has 2 unspecified atom stereocenters. The molecule has 2 aliphatic heterocycles. The standard InChI is InChI=1S/C27H56O4Si2/c1-20(2)33(21(3)4,22(5)6)29-18-23(7)25-14-13-16-27(31-25)17-15-24(30-27)19-28-32(11,12)26(8,9)10/h20-25H,13-19H2,1-12H3/t23-,24-,25?,27?/m0/s1. The van der Waals surface area contributed by atoms with Crippen molar-refractivity contribution in [2.24, 2.45) is 5.92 Å². The van der Waals surface area contributed by atoms with Gasteiger partial charge in [0.2, 0.25) is 0 Å². The predicted octanol–water partition coefficient (Wildman–Crippen LogP) is 8.28. The quantitative estimate of drug-likeness (QED) is 0.283. The van der Waals surface area contributed by atoms with Crippen molar-refractivity contribution >= 4 is 16.6 Å². The first-order valence-electron chi connectivity index (χ1n) is 13.7. The van der Waals surface area contributed by atoms with Gasteiger partial charge < -0.3 is 18.3 Å². The summed E-state index contributed by atoms with van der Waals surface area (Å²) >= 11 is 0. The Kier molecular flexibility index (Phi) is 9.94. The summed E-state index contributed by atoms with van der Waals surface area (Å²) in [5.41, 5.74) is 1.84. The van der Waals surface area contributed by atoms with E-state index in [-0.39, 0.29) is 17.2 Å². The highest BCUT2D eigenvalue weighted by atomic mass is 28.4. The SMILES string of the molecule is CC(C)[Si](OC[C@H](C)C1CCCC2(CC[C@@H](CO[Si](C)(C)C(C)(C)C)O2)O1)(C(C)C)C(C)C. The van der Waals surface area contributed by atoms with E-state index in [0.29, 0.717) is 29.1 Å². The van der Waals surface area contributed by atoms with Gasteiger partial charge in [0.15, 0.2) is 22.4 Å². The van der Waals surface area contributed by atoms with Gasteiger partial charge in [0.25, 0.3) is 0 Å². The molecular weight excluding hydrogens is 444 g/mol. The van der Waals surface area contributed by atoms with Crippen molar-refractivity contribution in [2.75, 3.05) is 13.2 Å². The second-order valence-corrected chi connectivity index (χ2v) is 23.7. The molecule has 0 saturated carbocycles. The largest absolute Gasteiger partial charge is 0.416 e. The summed E-state index contributed by atoms with van der Waals surface area (Å²) < 4.78 is 26.7. The fourth-order valence-electron chi connectivity index (χ4n) is 5.96. The van der Waals surface area contributed by atoms with Crippen LogP contribution in [0, 0.1) is 5.92 Å². The Morgan fingerprint density at radius 2 is 1.42 bits per heavy atom. The molecule has 0 radical (unpaired) electrons. The van der Waals surface area contributed by atoms with E-state index in [0.717, 1.165) is 32.3 Å². The maximum Gasteiger partial charge on any atom is 0.200 e. The second kappa shape index (κ2) is 11.1. The average Bonchev–Trinajstić information content (AvgIpc) is 3.07. The minimum Gasteiger partial charge on any atom is -0.416 e. The molecule has 0 aliphatic carbocycles. The summed E-state index contributed by atoms with van der Waals surface area (Å²) in [4.78, 5) is 0. The highest BCUT2D eigenvalue weighted by Gasteiger charge is 2.48. The van der Waals surface area contributed by atoms with Crippen LogP contribution in [0.2, 0.25) is 34.8 Å². The first kappa shape index (κ1) is 29.5. The van der Waals surface area contributed by atoms with Gasteiger partial charge in [0.1, 0.15) is 0 Å². The van der Waals surface area contributed by atoms with E-state index >= 15 is 0 Å². The molecule has 2 rings (SSSR count). The summed E-state index contributed by atoms with van der Waals surface area (Å²) in [6.45, 7) is 29.5. The summed E-state index contributed by atoms with van der Waals surface area (Å²) in [7, 11) is -3.60. The summed E-state index contributed by atoms with van der Waals surface area (Å²) in [6, 6.07) is 0. The van der Waals surface area contributed by atoms with Crippen molar-refractivity contribution < 1.29 is 18.3 Å². The molecule has 2 heterocycles. The lowest BCUT2D eigenvalue weighted by atomic mass is 9.93. The summed E-state index contributed by atoms with van der Waals surface area (Å²) in [5.74, 6) is -0.0159. The van der Waals surface area contributed by atoms with Crippen molar-refractivity contribution in [1.82, 2.24) is 0 Å². The van der Waals surface area contributed by atoms with Crippen LogP contribution in [-0.4, -0.2) is 47.8 Å². The van der Waals surface area contributed by atoms with E-state index in [4.69, 9.17) is 18.3 Å². The number of hydrogen-bond acceptors (Lipinski definition) is 4. The van der Waals surface area contributed by atoms with Crippen LogP contribution in [-0.2, 0) is 18.3 Å². The zero-order valence-electron chi connectivity index (χ0n) is 24.0. The van der Waals surface area contributed by atoms with Gasteiger partial charge in [-0.15, -0.1) is 0 Å². The topological polar surface area (TPSA) is 36.9 Å². The minimum atomic E-state index is -1.85. The van der Waals surface area contributed by atoms with E-state index < -0.39 is 22.4 Å². The molecule has 33 heavy (non-hydrogen) atoms. The Bertz CT molecular complexity index is 592. The van der Waals surface area contributed by atoms with E-state index in [9.17, 15) is 0 Å². The summed E-state index contributed by atoms with van der Waals surface area (Å²) in [6.07, 6.45) is 5.70. The molecule has 4 atom stereocenters. The molecule has 0 aromatic rings. The zero-order valence-corrected chi connectivity index (χ0v) is 26.0. The maximum absolute atomic E-state index is 6.91. The molecule has 2 fully saturated rings. The monoisotopic (exact) mass is 500 g/mol. The third-order valence-corrected chi connectivity index (χ3v) is 19.6. The van der Waals surface area contributed by atoms with E-state index in [1.165, 1.54) is 6.42 Å². The van der Waals surface area contributed by atoms with Gasteiger partial charge in [-0.1, -0.05) is 69.2 Å². The van der Waals surface area contributed by atoms with Crippen molar-refractivity contribution in [1.29, 1.82) is 0 Å². The van der Waals surface area contributed by atoms with Crippen molar-refractivity contribution in [3.8, 4) is 0 Å². The smallest absolute Gasteiger partial charge is 0.200 e. The molecule has 0 aromatic carbocycles. The average molecular weight is 501 g/mol. The molecular formula is C27H56O4Si2. The molecule has 2 aliphatic rings. The van der Waals surface area contributed by atoms with Crippen LogP contribution in [0.5, 0.6) is 0 Å². The van der Waals surface area contributed by atoms with E-state index in [1.54, 1.807) is 0 Å². The third kappa shape index (κ3) is 6.73. The van der Waals surface area contributed by atoms with Gasteiger partial charge in [0.05, 0.1) is 18.8 Å². The lowest BCUT2D eigenvalue weighted by molar-refractivity contribution is -0.280. The van der Waals surface area contributed by atoms with Gasteiger partial charge >= 0.3 is 0 Å². The molecule has 196 valence electrons. The van der Waals surface area contributed by atoms with Gasteiger partial charge in [-0.05, 0) is 54.0 Å². The Hall–Kier alpha value is 0.274. The highest BCUT2D eigenvalue weighted by Crippen LogP contribution is 2.45.